The maximum Gasteiger partial charge on any atom is 0.261 e. The summed E-state index contributed by atoms with van der Waals surface area (Å²) in [4.78, 5) is 16.5. The van der Waals surface area contributed by atoms with Gasteiger partial charge < -0.3 is 16.0 Å². The molecule has 1 aromatic carbocycles. The smallest absolute Gasteiger partial charge is 0.261 e. The highest BCUT2D eigenvalue weighted by Crippen LogP contribution is 2.09. The molecular weight excluding hydrogens is 346 g/mol. The van der Waals surface area contributed by atoms with Crippen LogP contribution in [-0.2, 0) is 6.54 Å². The van der Waals surface area contributed by atoms with Gasteiger partial charge in [-0.25, -0.2) is 8.78 Å². The second-order valence-electron chi connectivity index (χ2n) is 5.18. The van der Waals surface area contributed by atoms with E-state index in [1.807, 2.05) is 11.4 Å². The summed E-state index contributed by atoms with van der Waals surface area (Å²) in [7, 11) is 1.59. The van der Waals surface area contributed by atoms with Crippen LogP contribution in [0.3, 0.4) is 0 Å². The molecular formula is C17H20F2N4OS. The van der Waals surface area contributed by atoms with Crippen molar-refractivity contribution in [3.63, 3.8) is 0 Å². The molecule has 1 heterocycles. The average molecular weight is 366 g/mol. The van der Waals surface area contributed by atoms with Crippen molar-refractivity contribution in [3.05, 3.63) is 57.8 Å². The van der Waals surface area contributed by atoms with E-state index in [-0.39, 0.29) is 18.0 Å². The Morgan fingerprint density at radius 3 is 2.68 bits per heavy atom. The third-order valence-electron chi connectivity index (χ3n) is 3.35. The van der Waals surface area contributed by atoms with E-state index in [9.17, 15) is 13.6 Å². The Hall–Kier alpha value is -2.48. The summed E-state index contributed by atoms with van der Waals surface area (Å²) in [6.45, 7) is 1.23. The number of thiophene rings is 1. The molecule has 0 aliphatic rings. The molecule has 0 spiro atoms. The topological polar surface area (TPSA) is 65.5 Å². The van der Waals surface area contributed by atoms with Gasteiger partial charge in [0, 0.05) is 32.2 Å². The molecule has 0 aliphatic carbocycles. The number of halogens is 2. The Morgan fingerprint density at radius 2 is 1.96 bits per heavy atom. The summed E-state index contributed by atoms with van der Waals surface area (Å²) in [5, 5.41) is 10.7. The molecule has 0 atom stereocenters. The van der Waals surface area contributed by atoms with Crippen molar-refractivity contribution < 1.29 is 13.6 Å². The molecule has 2 rings (SSSR count). The second kappa shape index (κ2) is 9.73. The lowest BCUT2D eigenvalue weighted by Gasteiger charge is -2.12. The number of carbonyl (C=O) groups excluding carboxylic acids is 1. The molecule has 0 radical (unpaired) electrons. The summed E-state index contributed by atoms with van der Waals surface area (Å²) >= 11 is 1.40. The van der Waals surface area contributed by atoms with Gasteiger partial charge in [0.15, 0.2) is 5.96 Å². The zero-order valence-corrected chi connectivity index (χ0v) is 14.6. The van der Waals surface area contributed by atoms with Gasteiger partial charge >= 0.3 is 0 Å². The van der Waals surface area contributed by atoms with Gasteiger partial charge in [0.2, 0.25) is 0 Å². The van der Waals surface area contributed by atoms with E-state index in [4.69, 9.17) is 0 Å². The van der Waals surface area contributed by atoms with Crippen LogP contribution in [0.2, 0.25) is 0 Å². The summed E-state index contributed by atoms with van der Waals surface area (Å²) in [6.07, 6.45) is 0.701. The quantitative estimate of drug-likeness (QED) is 0.401. The summed E-state index contributed by atoms with van der Waals surface area (Å²) in [6, 6.07) is 6.93. The number of carbonyl (C=O) groups is 1. The Balaban J connectivity index is 1.67. The molecule has 0 aliphatic heterocycles. The van der Waals surface area contributed by atoms with Crippen molar-refractivity contribution in [1.29, 1.82) is 0 Å². The molecule has 0 bridgehead atoms. The minimum absolute atomic E-state index is 0.0842. The van der Waals surface area contributed by atoms with Gasteiger partial charge in [-0.3, -0.25) is 9.79 Å². The molecule has 5 nitrogen and oxygen atoms in total. The predicted molar refractivity (Wildman–Crippen MR) is 95.8 cm³/mol. The van der Waals surface area contributed by atoms with Crippen molar-refractivity contribution >= 4 is 23.2 Å². The lowest BCUT2D eigenvalue weighted by atomic mass is 10.2. The van der Waals surface area contributed by atoms with Gasteiger partial charge in [0.25, 0.3) is 5.91 Å². The fourth-order valence-corrected chi connectivity index (χ4v) is 2.71. The van der Waals surface area contributed by atoms with Crippen LogP contribution in [0.25, 0.3) is 0 Å². The third kappa shape index (κ3) is 6.15. The number of aliphatic imine (C=N–C) groups is 1. The minimum Gasteiger partial charge on any atom is -0.356 e. The number of nitrogens with one attached hydrogen (secondary N) is 3. The Morgan fingerprint density at radius 1 is 1.16 bits per heavy atom. The number of nitrogens with zero attached hydrogens (tertiary/aromatic N) is 1. The normalized spacial score (nSPS) is 11.2. The van der Waals surface area contributed by atoms with Crippen molar-refractivity contribution in [2.75, 3.05) is 20.1 Å². The predicted octanol–water partition coefficient (Wildman–Crippen LogP) is 2.51. The third-order valence-corrected chi connectivity index (χ3v) is 4.22. The lowest BCUT2D eigenvalue weighted by molar-refractivity contribution is 0.0957. The van der Waals surface area contributed by atoms with Crippen molar-refractivity contribution in [2.45, 2.75) is 13.0 Å². The number of hydrogen-bond acceptors (Lipinski definition) is 3. The van der Waals surface area contributed by atoms with Crippen molar-refractivity contribution in [2.24, 2.45) is 4.99 Å². The standard InChI is InChI=1S/C17H20F2N4OS/c1-20-17(23-11-12-10-13(18)5-6-14(12)19)22-8-3-7-21-16(24)15-4-2-9-25-15/h2,4-6,9-10H,3,7-8,11H2,1H3,(H,21,24)(H2,20,22,23). The monoisotopic (exact) mass is 366 g/mol. The van der Waals surface area contributed by atoms with Crippen LogP contribution >= 0.6 is 11.3 Å². The molecule has 1 amide bonds. The maximum atomic E-state index is 13.6. The molecule has 1 aromatic heterocycles. The molecule has 2 aromatic rings. The first-order valence-corrected chi connectivity index (χ1v) is 8.68. The van der Waals surface area contributed by atoms with E-state index in [1.54, 1.807) is 13.1 Å². The molecule has 0 saturated carbocycles. The van der Waals surface area contributed by atoms with E-state index in [0.29, 0.717) is 30.3 Å². The number of guanidine groups is 1. The first-order valence-electron chi connectivity index (χ1n) is 7.80. The SMILES string of the molecule is CN=C(NCCCNC(=O)c1cccs1)NCc1cc(F)ccc1F. The highest BCUT2D eigenvalue weighted by atomic mass is 32.1. The highest BCUT2D eigenvalue weighted by Gasteiger charge is 2.06. The van der Waals surface area contributed by atoms with Gasteiger partial charge in [-0.1, -0.05) is 6.07 Å². The Kier molecular flexibility index (Phi) is 7.34. The van der Waals surface area contributed by atoms with Crippen molar-refractivity contribution in [1.82, 2.24) is 16.0 Å². The molecule has 8 heteroatoms. The molecule has 134 valence electrons. The lowest BCUT2D eigenvalue weighted by Crippen LogP contribution is -2.38. The second-order valence-corrected chi connectivity index (χ2v) is 6.12. The summed E-state index contributed by atoms with van der Waals surface area (Å²) in [5.74, 6) is -0.560. The van der Waals surface area contributed by atoms with Crippen LogP contribution in [-0.4, -0.2) is 32.0 Å². The number of hydrogen-bond donors (Lipinski definition) is 3. The van der Waals surface area contributed by atoms with Gasteiger partial charge in [-0.2, -0.15) is 0 Å². The zero-order chi connectivity index (χ0) is 18.1. The molecule has 25 heavy (non-hydrogen) atoms. The first kappa shape index (κ1) is 18.9. The van der Waals surface area contributed by atoms with Crippen LogP contribution in [0.15, 0.2) is 40.7 Å². The van der Waals surface area contributed by atoms with E-state index in [1.165, 1.54) is 11.3 Å². The highest BCUT2D eigenvalue weighted by molar-refractivity contribution is 7.12. The molecule has 0 fully saturated rings. The van der Waals surface area contributed by atoms with E-state index >= 15 is 0 Å². The summed E-state index contributed by atoms with van der Waals surface area (Å²) < 4.78 is 26.7. The molecule has 3 N–H and O–H groups in total. The van der Waals surface area contributed by atoms with Crippen LogP contribution in [0.4, 0.5) is 8.78 Å². The minimum atomic E-state index is -0.484. The fraction of sp³-hybridized carbons (Fsp3) is 0.294. The van der Waals surface area contributed by atoms with E-state index in [0.717, 1.165) is 18.2 Å². The molecule has 0 unspecified atom stereocenters. The number of benzene rings is 1. The van der Waals surface area contributed by atoms with Gasteiger partial charge in [-0.05, 0) is 36.1 Å². The maximum absolute atomic E-state index is 13.6. The van der Waals surface area contributed by atoms with Crippen LogP contribution in [0.5, 0.6) is 0 Å². The average Bonchev–Trinajstić information content (AvgIpc) is 3.14. The number of amides is 1. The Bertz CT molecular complexity index is 719. The summed E-state index contributed by atoms with van der Waals surface area (Å²) in [5.41, 5.74) is 0.228. The van der Waals surface area contributed by atoms with Crippen LogP contribution in [0, 0.1) is 11.6 Å². The fourth-order valence-electron chi connectivity index (χ4n) is 2.07. The Labute approximate surface area is 149 Å². The van der Waals surface area contributed by atoms with Gasteiger partial charge in [0.1, 0.15) is 11.6 Å². The van der Waals surface area contributed by atoms with Crippen LogP contribution < -0.4 is 16.0 Å². The van der Waals surface area contributed by atoms with Gasteiger partial charge in [0.05, 0.1) is 4.88 Å². The van der Waals surface area contributed by atoms with Gasteiger partial charge in [-0.15, -0.1) is 11.3 Å². The number of rotatable bonds is 7. The van der Waals surface area contributed by atoms with E-state index < -0.39 is 11.6 Å². The zero-order valence-electron chi connectivity index (χ0n) is 13.8. The first-order chi connectivity index (χ1) is 12.1. The largest absolute Gasteiger partial charge is 0.356 e. The van der Waals surface area contributed by atoms with Crippen molar-refractivity contribution in [3.8, 4) is 0 Å². The van der Waals surface area contributed by atoms with Crippen LogP contribution in [0.1, 0.15) is 21.7 Å². The van der Waals surface area contributed by atoms with E-state index in [2.05, 4.69) is 20.9 Å². The molecule has 0 saturated heterocycles.